The number of carbonyl (C=O) groups is 3. The van der Waals surface area contributed by atoms with Crippen LogP contribution in [0.15, 0.2) is 28.2 Å². The lowest BCUT2D eigenvalue weighted by Crippen LogP contribution is -2.27. The van der Waals surface area contributed by atoms with Gasteiger partial charge in [-0.2, -0.15) is 0 Å². The SMILES string of the molecule is CCOC(=O)c1c(-c2ccco2)csc1NC(=O)COC(=O)[C@@H]1CCCO1. The Morgan fingerprint density at radius 3 is 2.85 bits per heavy atom. The van der Waals surface area contributed by atoms with Crippen LogP contribution in [-0.4, -0.2) is 43.8 Å². The van der Waals surface area contributed by atoms with Gasteiger partial charge in [-0.05, 0) is 31.9 Å². The highest BCUT2D eigenvalue weighted by Crippen LogP contribution is 2.36. The van der Waals surface area contributed by atoms with Crippen LogP contribution in [0, 0.1) is 0 Å². The van der Waals surface area contributed by atoms with Crippen molar-refractivity contribution in [1.82, 2.24) is 0 Å². The molecular formula is C18H19NO7S. The van der Waals surface area contributed by atoms with Gasteiger partial charge in [0.25, 0.3) is 5.91 Å². The number of furan rings is 1. The van der Waals surface area contributed by atoms with E-state index in [2.05, 4.69) is 5.32 Å². The Kier molecular flexibility index (Phi) is 6.25. The Hall–Kier alpha value is -2.65. The highest BCUT2D eigenvalue weighted by atomic mass is 32.1. The molecule has 0 spiro atoms. The van der Waals surface area contributed by atoms with Crippen molar-refractivity contribution < 1.29 is 33.0 Å². The van der Waals surface area contributed by atoms with E-state index in [4.69, 9.17) is 18.6 Å². The van der Waals surface area contributed by atoms with E-state index >= 15 is 0 Å². The highest BCUT2D eigenvalue weighted by Gasteiger charge is 2.27. The molecule has 2 aromatic heterocycles. The molecule has 0 radical (unpaired) electrons. The van der Waals surface area contributed by atoms with E-state index in [0.717, 1.165) is 17.8 Å². The number of nitrogens with one attached hydrogen (secondary N) is 1. The van der Waals surface area contributed by atoms with Crippen LogP contribution in [0.5, 0.6) is 0 Å². The molecule has 1 aliphatic rings. The van der Waals surface area contributed by atoms with Crippen LogP contribution in [0.2, 0.25) is 0 Å². The van der Waals surface area contributed by atoms with Crippen LogP contribution in [-0.2, 0) is 23.8 Å². The zero-order valence-electron chi connectivity index (χ0n) is 14.7. The highest BCUT2D eigenvalue weighted by molar-refractivity contribution is 7.15. The summed E-state index contributed by atoms with van der Waals surface area (Å²) in [7, 11) is 0. The summed E-state index contributed by atoms with van der Waals surface area (Å²) in [6, 6.07) is 3.41. The summed E-state index contributed by atoms with van der Waals surface area (Å²) < 4.78 is 20.6. The zero-order valence-corrected chi connectivity index (χ0v) is 15.5. The predicted molar refractivity (Wildman–Crippen MR) is 96.5 cm³/mol. The molecule has 27 heavy (non-hydrogen) atoms. The van der Waals surface area contributed by atoms with Crippen LogP contribution >= 0.6 is 11.3 Å². The Morgan fingerprint density at radius 1 is 1.33 bits per heavy atom. The molecule has 0 bridgehead atoms. The van der Waals surface area contributed by atoms with E-state index in [0.29, 0.717) is 29.4 Å². The fraction of sp³-hybridized carbons (Fsp3) is 0.389. The van der Waals surface area contributed by atoms with E-state index in [1.165, 1.54) is 6.26 Å². The summed E-state index contributed by atoms with van der Waals surface area (Å²) in [6.07, 6.45) is 2.26. The van der Waals surface area contributed by atoms with Crippen molar-refractivity contribution in [1.29, 1.82) is 0 Å². The predicted octanol–water partition coefficient (Wildman–Crippen LogP) is 2.85. The number of thiophene rings is 1. The van der Waals surface area contributed by atoms with Crippen LogP contribution in [0.1, 0.15) is 30.1 Å². The molecule has 1 amide bonds. The number of ether oxygens (including phenoxy) is 3. The Labute approximate surface area is 159 Å². The van der Waals surface area contributed by atoms with Crippen molar-refractivity contribution in [3.63, 3.8) is 0 Å². The van der Waals surface area contributed by atoms with Gasteiger partial charge in [-0.15, -0.1) is 11.3 Å². The first-order valence-electron chi connectivity index (χ1n) is 8.50. The molecule has 8 nitrogen and oxygen atoms in total. The monoisotopic (exact) mass is 393 g/mol. The molecule has 1 N–H and O–H groups in total. The molecule has 1 atom stereocenters. The fourth-order valence-corrected chi connectivity index (χ4v) is 3.58. The van der Waals surface area contributed by atoms with E-state index in [1.54, 1.807) is 24.4 Å². The molecule has 0 aromatic carbocycles. The Morgan fingerprint density at radius 2 is 2.19 bits per heavy atom. The van der Waals surface area contributed by atoms with Crippen LogP contribution in [0.25, 0.3) is 11.3 Å². The van der Waals surface area contributed by atoms with Gasteiger partial charge in [0.1, 0.15) is 16.3 Å². The molecule has 0 aliphatic carbocycles. The number of anilines is 1. The van der Waals surface area contributed by atoms with Gasteiger partial charge >= 0.3 is 11.9 Å². The molecular weight excluding hydrogens is 374 g/mol. The first-order valence-corrected chi connectivity index (χ1v) is 9.38. The maximum Gasteiger partial charge on any atom is 0.341 e. The molecule has 0 unspecified atom stereocenters. The summed E-state index contributed by atoms with van der Waals surface area (Å²) in [6.45, 7) is 1.94. The van der Waals surface area contributed by atoms with Gasteiger partial charge in [0, 0.05) is 17.6 Å². The maximum atomic E-state index is 12.4. The van der Waals surface area contributed by atoms with Gasteiger partial charge in [-0.3, -0.25) is 4.79 Å². The first-order chi connectivity index (χ1) is 13.1. The Balaban J connectivity index is 1.69. The maximum absolute atomic E-state index is 12.4. The van der Waals surface area contributed by atoms with Gasteiger partial charge in [0.15, 0.2) is 12.7 Å². The number of esters is 2. The number of carbonyl (C=O) groups excluding carboxylic acids is 3. The van der Waals surface area contributed by atoms with Crippen molar-refractivity contribution in [2.45, 2.75) is 25.9 Å². The van der Waals surface area contributed by atoms with E-state index < -0.39 is 30.6 Å². The molecule has 2 aromatic rings. The lowest BCUT2D eigenvalue weighted by molar-refractivity contribution is -0.156. The summed E-state index contributed by atoms with van der Waals surface area (Å²) >= 11 is 1.16. The van der Waals surface area contributed by atoms with Crippen molar-refractivity contribution in [3.05, 3.63) is 29.3 Å². The third kappa shape index (κ3) is 4.55. The van der Waals surface area contributed by atoms with Crippen molar-refractivity contribution >= 4 is 34.2 Å². The van der Waals surface area contributed by atoms with Gasteiger partial charge < -0.3 is 23.9 Å². The van der Waals surface area contributed by atoms with Crippen LogP contribution in [0.3, 0.4) is 0 Å². The van der Waals surface area contributed by atoms with Gasteiger partial charge in [-0.25, -0.2) is 9.59 Å². The third-order valence-electron chi connectivity index (χ3n) is 3.85. The Bertz CT molecular complexity index is 806. The van der Waals surface area contributed by atoms with E-state index in [9.17, 15) is 14.4 Å². The number of hydrogen-bond donors (Lipinski definition) is 1. The molecule has 1 saturated heterocycles. The van der Waals surface area contributed by atoms with Crippen LogP contribution < -0.4 is 5.32 Å². The molecule has 0 saturated carbocycles. The van der Waals surface area contributed by atoms with Gasteiger partial charge in [-0.1, -0.05) is 0 Å². The second-order valence-corrected chi connectivity index (χ2v) is 6.59. The summed E-state index contributed by atoms with van der Waals surface area (Å²) in [5.74, 6) is -1.20. The topological polar surface area (TPSA) is 104 Å². The van der Waals surface area contributed by atoms with Crippen molar-refractivity contribution in [2.75, 3.05) is 25.1 Å². The van der Waals surface area contributed by atoms with Gasteiger partial charge in [0.05, 0.1) is 12.9 Å². The lowest BCUT2D eigenvalue weighted by Gasteiger charge is -2.10. The van der Waals surface area contributed by atoms with Crippen molar-refractivity contribution in [2.24, 2.45) is 0 Å². The van der Waals surface area contributed by atoms with E-state index in [1.807, 2.05) is 0 Å². The fourth-order valence-electron chi connectivity index (χ4n) is 2.62. The average molecular weight is 393 g/mol. The van der Waals surface area contributed by atoms with E-state index in [-0.39, 0.29) is 12.2 Å². The third-order valence-corrected chi connectivity index (χ3v) is 4.74. The quantitative estimate of drug-likeness (QED) is 0.721. The number of amides is 1. The van der Waals surface area contributed by atoms with Crippen molar-refractivity contribution in [3.8, 4) is 11.3 Å². The molecule has 3 rings (SSSR count). The minimum absolute atomic E-state index is 0.193. The average Bonchev–Trinajstić information content (AvgIpc) is 3.40. The molecule has 1 aliphatic heterocycles. The van der Waals surface area contributed by atoms with Gasteiger partial charge in [0.2, 0.25) is 0 Å². The normalized spacial score (nSPS) is 16.1. The summed E-state index contributed by atoms with van der Waals surface area (Å²) in [4.78, 5) is 36.3. The molecule has 9 heteroatoms. The second-order valence-electron chi connectivity index (χ2n) is 5.71. The second kappa shape index (κ2) is 8.83. The summed E-state index contributed by atoms with van der Waals surface area (Å²) in [5.41, 5.74) is 0.728. The minimum Gasteiger partial charge on any atom is -0.464 e. The molecule has 1 fully saturated rings. The smallest absolute Gasteiger partial charge is 0.341 e. The minimum atomic E-state index is -0.611. The number of rotatable bonds is 7. The number of hydrogen-bond acceptors (Lipinski definition) is 8. The molecule has 144 valence electrons. The lowest BCUT2D eigenvalue weighted by atomic mass is 10.1. The zero-order chi connectivity index (χ0) is 19.2. The summed E-state index contributed by atoms with van der Waals surface area (Å²) in [5, 5.41) is 4.59. The van der Waals surface area contributed by atoms with Crippen LogP contribution in [0.4, 0.5) is 5.00 Å². The molecule has 3 heterocycles. The standard InChI is InChI=1S/C18H19NO7S/c1-2-23-18(22)15-11(12-5-3-7-24-12)10-27-16(15)19-14(20)9-26-17(21)13-6-4-8-25-13/h3,5,7,10,13H,2,4,6,8-9H2,1H3,(H,19,20)/t13-/m0/s1. The first kappa shape index (κ1) is 19.1. The largest absolute Gasteiger partial charge is 0.464 e.